The molecule has 1 aliphatic rings. The topological polar surface area (TPSA) is 11.4 Å². The van der Waals surface area contributed by atoms with Crippen LogP contribution in [-0.4, -0.2) is 53.0 Å². The molecule has 0 amide bonds. The minimum absolute atomic E-state index is 0.716. The lowest BCUT2D eigenvalue weighted by Crippen LogP contribution is -2.46. The summed E-state index contributed by atoms with van der Waals surface area (Å²) < 4.78 is 2.43. The third kappa shape index (κ3) is 4.91. The zero-order chi connectivity index (χ0) is 20.9. The molecule has 4 rings (SSSR count). The molecule has 0 saturated carbocycles. The van der Waals surface area contributed by atoms with E-state index < -0.39 is 0 Å². The standard InChI is InChI=1S/C26H34ClN3/c1-21-22(2)30(13-6-12-27)26-10-9-24(19-25(21)26)20-29-17-15-28(16-18-29)14-11-23-7-4-3-5-8-23/h3-5,7-10,19H,6,11-18,20H2,1-2H3. The largest absolute Gasteiger partial charge is 0.345 e. The number of aromatic nitrogens is 1. The third-order valence-corrected chi connectivity index (χ3v) is 6.92. The van der Waals surface area contributed by atoms with Gasteiger partial charge in [-0.3, -0.25) is 4.90 Å². The van der Waals surface area contributed by atoms with Crippen LogP contribution >= 0.6 is 11.6 Å². The van der Waals surface area contributed by atoms with E-state index in [0.717, 1.165) is 45.6 Å². The van der Waals surface area contributed by atoms with Crippen molar-refractivity contribution >= 4 is 22.5 Å². The summed E-state index contributed by atoms with van der Waals surface area (Å²) >= 11 is 5.93. The van der Waals surface area contributed by atoms with Crippen LogP contribution in [0.25, 0.3) is 10.9 Å². The molecule has 30 heavy (non-hydrogen) atoms. The Balaban J connectivity index is 1.34. The van der Waals surface area contributed by atoms with Crippen molar-refractivity contribution in [3.8, 4) is 0 Å². The Morgan fingerprint density at radius 1 is 0.833 bits per heavy atom. The average molecular weight is 424 g/mol. The van der Waals surface area contributed by atoms with Gasteiger partial charge in [0.1, 0.15) is 0 Å². The van der Waals surface area contributed by atoms with E-state index in [1.807, 2.05) is 0 Å². The molecule has 2 aromatic carbocycles. The Bertz CT molecular complexity index is 955. The molecule has 3 nitrogen and oxygen atoms in total. The van der Waals surface area contributed by atoms with Gasteiger partial charge < -0.3 is 9.47 Å². The highest BCUT2D eigenvalue weighted by atomic mass is 35.5. The van der Waals surface area contributed by atoms with Crippen LogP contribution in [0.15, 0.2) is 48.5 Å². The zero-order valence-corrected chi connectivity index (χ0v) is 19.2. The first-order valence-electron chi connectivity index (χ1n) is 11.3. The SMILES string of the molecule is Cc1c(C)n(CCCCl)c2ccc(CN3CCN(CCc4ccccc4)CC3)cc12. The van der Waals surface area contributed by atoms with E-state index in [1.165, 1.54) is 46.4 Å². The molecule has 2 heterocycles. The minimum atomic E-state index is 0.716. The van der Waals surface area contributed by atoms with Crippen molar-refractivity contribution in [1.82, 2.24) is 14.4 Å². The molecule has 0 radical (unpaired) electrons. The van der Waals surface area contributed by atoms with Crippen LogP contribution in [0.5, 0.6) is 0 Å². The van der Waals surface area contributed by atoms with E-state index in [9.17, 15) is 0 Å². The summed E-state index contributed by atoms with van der Waals surface area (Å²) in [5.41, 5.74) is 7.01. The molecule has 1 saturated heterocycles. The first kappa shape index (κ1) is 21.4. The number of piperazine rings is 1. The lowest BCUT2D eigenvalue weighted by atomic mass is 10.1. The number of rotatable bonds is 8. The Morgan fingerprint density at radius 2 is 1.57 bits per heavy atom. The second-order valence-electron chi connectivity index (χ2n) is 8.61. The number of alkyl halides is 1. The summed E-state index contributed by atoms with van der Waals surface area (Å²) in [6.45, 7) is 12.4. The van der Waals surface area contributed by atoms with Crippen molar-refractivity contribution in [2.75, 3.05) is 38.6 Å². The van der Waals surface area contributed by atoms with Crippen molar-refractivity contribution in [1.29, 1.82) is 0 Å². The van der Waals surface area contributed by atoms with E-state index in [4.69, 9.17) is 11.6 Å². The number of hydrogen-bond acceptors (Lipinski definition) is 2. The summed E-state index contributed by atoms with van der Waals surface area (Å²) in [7, 11) is 0. The van der Waals surface area contributed by atoms with Crippen LogP contribution in [0.4, 0.5) is 0 Å². The number of hydrogen-bond donors (Lipinski definition) is 0. The maximum atomic E-state index is 5.93. The molecular weight excluding hydrogens is 390 g/mol. The highest BCUT2D eigenvalue weighted by Gasteiger charge is 2.18. The molecule has 4 heteroatoms. The first-order chi connectivity index (χ1) is 14.7. The fourth-order valence-electron chi connectivity index (χ4n) is 4.66. The Morgan fingerprint density at radius 3 is 2.30 bits per heavy atom. The van der Waals surface area contributed by atoms with Crippen molar-refractivity contribution in [3.05, 3.63) is 70.9 Å². The van der Waals surface area contributed by atoms with Crippen LogP contribution in [-0.2, 0) is 19.5 Å². The second kappa shape index (κ2) is 10.00. The van der Waals surface area contributed by atoms with Gasteiger partial charge in [-0.2, -0.15) is 0 Å². The highest BCUT2D eigenvalue weighted by Crippen LogP contribution is 2.27. The molecule has 0 bridgehead atoms. The quantitative estimate of drug-likeness (QED) is 0.458. The van der Waals surface area contributed by atoms with E-state index >= 15 is 0 Å². The van der Waals surface area contributed by atoms with E-state index in [1.54, 1.807) is 0 Å². The minimum Gasteiger partial charge on any atom is -0.345 e. The maximum Gasteiger partial charge on any atom is 0.0485 e. The van der Waals surface area contributed by atoms with Crippen molar-refractivity contribution in [3.63, 3.8) is 0 Å². The maximum absolute atomic E-state index is 5.93. The number of benzene rings is 2. The van der Waals surface area contributed by atoms with Crippen LogP contribution < -0.4 is 0 Å². The van der Waals surface area contributed by atoms with Crippen LogP contribution in [0.3, 0.4) is 0 Å². The Kier molecular flexibility index (Phi) is 7.14. The van der Waals surface area contributed by atoms with Crippen molar-refractivity contribution in [2.24, 2.45) is 0 Å². The monoisotopic (exact) mass is 423 g/mol. The fraction of sp³-hybridized carbons (Fsp3) is 0.462. The normalized spacial score (nSPS) is 15.8. The molecule has 1 aliphatic heterocycles. The van der Waals surface area contributed by atoms with Crippen molar-refractivity contribution < 1.29 is 0 Å². The van der Waals surface area contributed by atoms with Gasteiger partial charge in [0.05, 0.1) is 0 Å². The molecule has 3 aromatic rings. The van der Waals surface area contributed by atoms with Crippen LogP contribution in [0.2, 0.25) is 0 Å². The van der Waals surface area contributed by atoms with E-state index in [0.29, 0.717) is 5.88 Å². The molecule has 0 unspecified atom stereocenters. The highest BCUT2D eigenvalue weighted by molar-refractivity contribution is 6.17. The van der Waals surface area contributed by atoms with Gasteiger partial charge in [0.25, 0.3) is 0 Å². The van der Waals surface area contributed by atoms with Gasteiger partial charge in [0.15, 0.2) is 0 Å². The number of nitrogens with zero attached hydrogens (tertiary/aromatic N) is 3. The van der Waals surface area contributed by atoms with Gasteiger partial charge in [0, 0.05) is 68.3 Å². The van der Waals surface area contributed by atoms with Gasteiger partial charge in [-0.25, -0.2) is 0 Å². The second-order valence-corrected chi connectivity index (χ2v) is 8.99. The van der Waals surface area contributed by atoms with Gasteiger partial charge in [-0.1, -0.05) is 36.4 Å². The van der Waals surface area contributed by atoms with Gasteiger partial charge in [-0.05, 0) is 55.5 Å². The molecule has 0 atom stereocenters. The molecule has 160 valence electrons. The summed E-state index contributed by atoms with van der Waals surface area (Å²) in [4.78, 5) is 5.21. The molecular formula is C26H34ClN3. The van der Waals surface area contributed by atoms with Gasteiger partial charge in [0.2, 0.25) is 0 Å². The summed E-state index contributed by atoms with van der Waals surface area (Å²) in [5, 5.41) is 1.40. The molecule has 0 aliphatic carbocycles. The molecule has 0 N–H and O–H groups in total. The van der Waals surface area contributed by atoms with E-state index in [-0.39, 0.29) is 0 Å². The Hall–Kier alpha value is -1.81. The Labute approximate surface area is 186 Å². The lowest BCUT2D eigenvalue weighted by Gasteiger charge is -2.34. The van der Waals surface area contributed by atoms with Gasteiger partial charge in [-0.15, -0.1) is 11.6 Å². The smallest absolute Gasteiger partial charge is 0.0485 e. The lowest BCUT2D eigenvalue weighted by molar-refractivity contribution is 0.128. The van der Waals surface area contributed by atoms with Crippen LogP contribution in [0.1, 0.15) is 28.8 Å². The van der Waals surface area contributed by atoms with Crippen LogP contribution in [0, 0.1) is 13.8 Å². The van der Waals surface area contributed by atoms with E-state index in [2.05, 4.69) is 76.7 Å². The third-order valence-electron chi connectivity index (χ3n) is 6.65. The van der Waals surface area contributed by atoms with Crippen molar-refractivity contribution in [2.45, 2.75) is 39.8 Å². The summed E-state index contributed by atoms with van der Waals surface area (Å²) in [6, 6.07) is 17.9. The predicted molar refractivity (Wildman–Crippen MR) is 129 cm³/mol. The number of aryl methyl sites for hydroxylation is 2. The van der Waals surface area contributed by atoms with Gasteiger partial charge >= 0.3 is 0 Å². The number of halogens is 1. The number of fused-ring (bicyclic) bond motifs is 1. The predicted octanol–water partition coefficient (Wildman–Crippen LogP) is 5.25. The first-order valence-corrected chi connectivity index (χ1v) is 11.8. The zero-order valence-electron chi connectivity index (χ0n) is 18.4. The summed E-state index contributed by atoms with van der Waals surface area (Å²) in [5.74, 6) is 0.716. The average Bonchev–Trinajstić information content (AvgIpc) is 3.02. The summed E-state index contributed by atoms with van der Waals surface area (Å²) in [6.07, 6.45) is 2.17. The molecule has 1 aromatic heterocycles. The molecule has 1 fully saturated rings. The fourth-order valence-corrected chi connectivity index (χ4v) is 4.78. The molecule has 0 spiro atoms.